The number of nitrogens with one attached hydrogen (secondary N) is 2. The quantitative estimate of drug-likeness (QED) is 0.654. The number of aromatic nitrogens is 1. The number of benzene rings is 1. The molecule has 8 nitrogen and oxygen atoms in total. The highest BCUT2D eigenvalue weighted by atomic mass is 16.3. The van der Waals surface area contributed by atoms with Gasteiger partial charge in [-0.2, -0.15) is 0 Å². The zero-order valence-electron chi connectivity index (χ0n) is 15.7. The summed E-state index contributed by atoms with van der Waals surface area (Å²) in [6.07, 6.45) is 2.73. The van der Waals surface area contributed by atoms with Crippen molar-refractivity contribution < 1.29 is 19.5 Å². The van der Waals surface area contributed by atoms with E-state index in [1.54, 1.807) is 39.8 Å². The number of aliphatic hydroxyl groups is 1. The Balaban J connectivity index is 1.50. The van der Waals surface area contributed by atoms with Gasteiger partial charge in [-0.25, -0.2) is 0 Å². The molecule has 148 valence electrons. The highest BCUT2D eigenvalue weighted by molar-refractivity contribution is 6.39. The summed E-state index contributed by atoms with van der Waals surface area (Å²) >= 11 is 0. The minimum absolute atomic E-state index is 0.0537. The molecule has 3 amide bonds. The van der Waals surface area contributed by atoms with Crippen molar-refractivity contribution in [1.82, 2.24) is 9.88 Å². The van der Waals surface area contributed by atoms with Gasteiger partial charge >= 0.3 is 11.8 Å². The molecule has 0 bridgehead atoms. The molecule has 0 saturated carbocycles. The minimum atomic E-state index is -0.793. The molecule has 28 heavy (non-hydrogen) atoms. The normalized spacial score (nSPS) is 14.8. The lowest BCUT2D eigenvalue weighted by Crippen LogP contribution is -2.36. The maximum atomic E-state index is 12.1. The molecule has 1 unspecified atom stereocenters. The summed E-state index contributed by atoms with van der Waals surface area (Å²) in [5, 5.41) is 15.2. The van der Waals surface area contributed by atoms with Crippen molar-refractivity contribution >= 4 is 29.1 Å². The van der Waals surface area contributed by atoms with Crippen molar-refractivity contribution in [2.45, 2.75) is 25.4 Å². The van der Waals surface area contributed by atoms with E-state index in [-0.39, 0.29) is 12.5 Å². The second kappa shape index (κ2) is 8.71. The molecule has 3 rings (SSSR count). The molecule has 0 spiro atoms. The van der Waals surface area contributed by atoms with Crippen molar-refractivity contribution in [2.75, 3.05) is 23.3 Å². The summed E-state index contributed by atoms with van der Waals surface area (Å²) in [5.74, 6) is -1.52. The molecule has 8 heteroatoms. The second-order valence-electron chi connectivity index (χ2n) is 6.76. The van der Waals surface area contributed by atoms with Gasteiger partial charge in [-0.15, -0.1) is 0 Å². The molecule has 1 fully saturated rings. The first-order valence-corrected chi connectivity index (χ1v) is 9.24. The number of hydrogen-bond acceptors (Lipinski definition) is 4. The fourth-order valence-corrected chi connectivity index (χ4v) is 3.23. The van der Waals surface area contributed by atoms with Crippen LogP contribution in [0.3, 0.4) is 0 Å². The molecular weight excluding hydrogens is 360 g/mol. The van der Waals surface area contributed by atoms with Crippen LogP contribution >= 0.6 is 0 Å². The topological polar surface area (TPSA) is 104 Å². The lowest BCUT2D eigenvalue weighted by molar-refractivity contribution is -0.136. The summed E-state index contributed by atoms with van der Waals surface area (Å²) < 4.78 is 1.80. The van der Waals surface area contributed by atoms with Crippen molar-refractivity contribution in [1.29, 1.82) is 0 Å². The van der Waals surface area contributed by atoms with Crippen LogP contribution in [0.2, 0.25) is 0 Å². The molecule has 1 aromatic heterocycles. The molecule has 3 N–H and O–H groups in total. The molecule has 1 atom stereocenters. The Morgan fingerprint density at radius 1 is 1.21 bits per heavy atom. The average Bonchev–Trinajstić information content (AvgIpc) is 3.29. The number of carbonyl (C=O) groups excluding carboxylic acids is 3. The van der Waals surface area contributed by atoms with E-state index >= 15 is 0 Å². The molecule has 1 aliphatic rings. The monoisotopic (exact) mass is 384 g/mol. The molecule has 0 radical (unpaired) electrons. The third kappa shape index (κ3) is 4.58. The van der Waals surface area contributed by atoms with Crippen LogP contribution in [-0.2, 0) is 21.4 Å². The summed E-state index contributed by atoms with van der Waals surface area (Å²) in [6, 6.07) is 10.5. The van der Waals surface area contributed by atoms with E-state index in [0.29, 0.717) is 30.8 Å². The van der Waals surface area contributed by atoms with Crippen molar-refractivity contribution in [3.63, 3.8) is 0 Å². The predicted molar refractivity (Wildman–Crippen MR) is 105 cm³/mol. The molecule has 2 heterocycles. The van der Waals surface area contributed by atoms with E-state index in [0.717, 1.165) is 12.1 Å². The summed E-state index contributed by atoms with van der Waals surface area (Å²) in [5.41, 5.74) is 1.89. The number of aryl methyl sites for hydroxylation is 1. The van der Waals surface area contributed by atoms with Crippen molar-refractivity contribution in [2.24, 2.45) is 7.05 Å². The first-order chi connectivity index (χ1) is 13.5. The highest BCUT2D eigenvalue weighted by Crippen LogP contribution is 2.24. The third-order valence-corrected chi connectivity index (χ3v) is 4.72. The van der Waals surface area contributed by atoms with Gasteiger partial charge in [-0.05, 0) is 43.2 Å². The lowest BCUT2D eigenvalue weighted by atomic mass is 10.2. The first kappa shape index (κ1) is 19.6. The molecule has 1 aromatic carbocycles. The van der Waals surface area contributed by atoms with Gasteiger partial charge in [-0.3, -0.25) is 14.4 Å². The van der Waals surface area contributed by atoms with Gasteiger partial charge < -0.3 is 25.2 Å². The van der Waals surface area contributed by atoms with Gasteiger partial charge in [0.15, 0.2) is 0 Å². The van der Waals surface area contributed by atoms with Gasteiger partial charge in [0.1, 0.15) is 0 Å². The Labute approximate surface area is 163 Å². The number of nitrogens with zero attached hydrogens (tertiary/aromatic N) is 2. The van der Waals surface area contributed by atoms with E-state index in [1.165, 1.54) is 0 Å². The number of rotatable bonds is 6. The smallest absolute Gasteiger partial charge is 0.313 e. The Bertz CT molecular complexity index is 877. The van der Waals surface area contributed by atoms with Crippen LogP contribution in [0.15, 0.2) is 42.6 Å². The standard InChI is InChI=1S/C20H24N4O4/c1-23-11-3-7-16(23)17(25)9-10-21-19(27)20(28)22-14-5-2-6-15(13-14)24-12-4-8-18(24)26/h2-3,5-7,11,13,17,25H,4,8-10,12H2,1H3,(H,21,27)(H,22,28). The average molecular weight is 384 g/mol. The van der Waals surface area contributed by atoms with Crippen LogP contribution in [0.5, 0.6) is 0 Å². The van der Waals surface area contributed by atoms with E-state index < -0.39 is 17.9 Å². The van der Waals surface area contributed by atoms with E-state index in [9.17, 15) is 19.5 Å². The first-order valence-electron chi connectivity index (χ1n) is 9.24. The molecule has 0 aliphatic carbocycles. The van der Waals surface area contributed by atoms with E-state index in [2.05, 4.69) is 10.6 Å². The third-order valence-electron chi connectivity index (χ3n) is 4.72. The maximum Gasteiger partial charge on any atom is 0.313 e. The molecular formula is C20H24N4O4. The van der Waals surface area contributed by atoms with Gasteiger partial charge in [-0.1, -0.05) is 6.07 Å². The molecule has 1 aliphatic heterocycles. The van der Waals surface area contributed by atoms with Crippen LogP contribution in [0.25, 0.3) is 0 Å². The Kier molecular flexibility index (Phi) is 6.10. The fraction of sp³-hybridized carbons (Fsp3) is 0.350. The Hall–Kier alpha value is -3.13. The Morgan fingerprint density at radius 3 is 2.71 bits per heavy atom. The van der Waals surface area contributed by atoms with Gasteiger partial charge in [0.2, 0.25) is 5.91 Å². The number of carbonyl (C=O) groups is 3. The van der Waals surface area contributed by atoms with Gasteiger partial charge in [0.25, 0.3) is 0 Å². The second-order valence-corrected chi connectivity index (χ2v) is 6.76. The zero-order valence-corrected chi connectivity index (χ0v) is 15.7. The van der Waals surface area contributed by atoms with Crippen LogP contribution in [0, 0.1) is 0 Å². The van der Waals surface area contributed by atoms with Crippen molar-refractivity contribution in [3.8, 4) is 0 Å². The van der Waals surface area contributed by atoms with Crippen LogP contribution in [-0.4, -0.2) is 40.5 Å². The predicted octanol–water partition coefficient (Wildman–Crippen LogP) is 1.33. The zero-order chi connectivity index (χ0) is 20.1. The fourth-order valence-electron chi connectivity index (χ4n) is 3.23. The Morgan fingerprint density at radius 2 is 2.04 bits per heavy atom. The van der Waals surface area contributed by atoms with E-state index in [4.69, 9.17) is 0 Å². The number of hydrogen-bond donors (Lipinski definition) is 3. The van der Waals surface area contributed by atoms with E-state index in [1.807, 2.05) is 19.3 Å². The molecule has 1 saturated heterocycles. The summed E-state index contributed by atoms with van der Waals surface area (Å²) in [6.45, 7) is 0.821. The summed E-state index contributed by atoms with van der Waals surface area (Å²) in [7, 11) is 1.83. The number of amides is 3. The number of anilines is 2. The van der Waals surface area contributed by atoms with Crippen molar-refractivity contribution in [3.05, 3.63) is 48.3 Å². The maximum absolute atomic E-state index is 12.1. The van der Waals surface area contributed by atoms with Gasteiger partial charge in [0, 0.05) is 49.8 Å². The minimum Gasteiger partial charge on any atom is -0.387 e. The SMILES string of the molecule is Cn1cccc1C(O)CCNC(=O)C(=O)Nc1cccc(N2CCCC2=O)c1. The van der Waals surface area contributed by atoms with Crippen LogP contribution in [0.4, 0.5) is 11.4 Å². The highest BCUT2D eigenvalue weighted by Gasteiger charge is 2.22. The van der Waals surface area contributed by atoms with Crippen LogP contribution < -0.4 is 15.5 Å². The van der Waals surface area contributed by atoms with Gasteiger partial charge in [0.05, 0.1) is 6.10 Å². The largest absolute Gasteiger partial charge is 0.387 e. The summed E-state index contributed by atoms with van der Waals surface area (Å²) in [4.78, 5) is 37.6. The lowest BCUT2D eigenvalue weighted by Gasteiger charge is -2.16. The van der Waals surface area contributed by atoms with Crippen LogP contribution in [0.1, 0.15) is 31.1 Å². The number of aliphatic hydroxyl groups excluding tert-OH is 1. The molecule has 2 aromatic rings.